The van der Waals surface area contributed by atoms with Crippen molar-refractivity contribution in [2.24, 2.45) is 0 Å². The normalized spacial score (nSPS) is 28.8. The first-order chi connectivity index (χ1) is 8.70. The fourth-order valence-electron chi connectivity index (χ4n) is 2.91. The van der Waals surface area contributed by atoms with Crippen LogP contribution >= 0.6 is 11.6 Å². The number of halogens is 1. The van der Waals surface area contributed by atoms with E-state index in [0.29, 0.717) is 5.15 Å². The Hall–Kier alpha value is -1.55. The average Bonchev–Trinajstić information content (AvgIpc) is 2.95. The number of rotatable bonds is 1. The van der Waals surface area contributed by atoms with E-state index in [1.54, 1.807) is 11.1 Å². The van der Waals surface area contributed by atoms with E-state index in [4.69, 9.17) is 16.3 Å². The van der Waals surface area contributed by atoms with Gasteiger partial charge in [0.2, 0.25) is 0 Å². The van der Waals surface area contributed by atoms with Crippen LogP contribution in [0.1, 0.15) is 17.9 Å². The molecule has 0 aromatic carbocycles. The number of hydrogen-bond donors (Lipinski definition) is 0. The lowest BCUT2D eigenvalue weighted by Gasteiger charge is -2.22. The Morgan fingerprint density at radius 2 is 2.39 bits per heavy atom. The summed E-state index contributed by atoms with van der Waals surface area (Å²) in [5.74, 6) is 0.277. The molecule has 2 aliphatic heterocycles. The minimum Gasteiger partial charge on any atom is -0.453 e. The average molecular weight is 265 g/mol. The Balaban J connectivity index is 1.89. The Bertz CT molecular complexity index is 517. The fraction of sp³-hybridized carbons (Fsp3) is 0.385. The molecule has 3 atom stereocenters. The molecule has 1 amide bonds. The van der Waals surface area contributed by atoms with Gasteiger partial charge in [0.25, 0.3) is 0 Å². The molecule has 1 aromatic heterocycles. The van der Waals surface area contributed by atoms with Crippen molar-refractivity contribution in [1.82, 2.24) is 9.88 Å². The van der Waals surface area contributed by atoms with E-state index in [1.807, 2.05) is 12.1 Å². The summed E-state index contributed by atoms with van der Waals surface area (Å²) >= 11 is 5.92. The van der Waals surface area contributed by atoms with Crippen molar-refractivity contribution in [3.8, 4) is 0 Å². The predicted molar refractivity (Wildman–Crippen MR) is 67.6 cm³/mol. The Morgan fingerprint density at radius 1 is 1.56 bits per heavy atom. The van der Waals surface area contributed by atoms with Gasteiger partial charge >= 0.3 is 6.09 Å². The second-order valence-corrected chi connectivity index (χ2v) is 4.96. The van der Waals surface area contributed by atoms with Gasteiger partial charge in [-0.3, -0.25) is 4.90 Å². The van der Waals surface area contributed by atoms with E-state index < -0.39 is 0 Å². The molecule has 4 nitrogen and oxygen atoms in total. The molecule has 0 saturated carbocycles. The summed E-state index contributed by atoms with van der Waals surface area (Å²) in [6.07, 6.45) is 6.50. The smallest absolute Gasteiger partial charge is 0.410 e. The molecule has 18 heavy (non-hydrogen) atoms. The number of hydrogen-bond acceptors (Lipinski definition) is 3. The van der Waals surface area contributed by atoms with Crippen molar-refractivity contribution in [3.05, 3.63) is 41.2 Å². The number of methoxy groups -OCH3 is 1. The zero-order valence-corrected chi connectivity index (χ0v) is 10.7. The van der Waals surface area contributed by atoms with Crippen LogP contribution < -0.4 is 0 Å². The number of pyridine rings is 1. The number of aromatic nitrogens is 1. The van der Waals surface area contributed by atoms with Crippen LogP contribution in [-0.2, 0) is 4.74 Å². The first-order valence-electron chi connectivity index (χ1n) is 5.87. The lowest BCUT2D eigenvalue weighted by molar-refractivity contribution is 0.120. The topological polar surface area (TPSA) is 42.4 Å². The number of amides is 1. The third kappa shape index (κ3) is 1.68. The van der Waals surface area contributed by atoms with E-state index in [1.165, 1.54) is 7.11 Å². The van der Waals surface area contributed by atoms with Crippen LogP contribution in [0.3, 0.4) is 0 Å². The molecule has 3 heterocycles. The highest BCUT2D eigenvalue weighted by molar-refractivity contribution is 6.29. The fourth-order valence-corrected chi connectivity index (χ4v) is 3.09. The van der Waals surface area contributed by atoms with Crippen LogP contribution in [0.2, 0.25) is 5.15 Å². The highest BCUT2D eigenvalue weighted by Crippen LogP contribution is 2.43. The highest BCUT2D eigenvalue weighted by Gasteiger charge is 2.46. The molecule has 0 aliphatic carbocycles. The molecule has 1 aromatic rings. The lowest BCUT2D eigenvalue weighted by atomic mass is 9.88. The molecular weight excluding hydrogens is 252 g/mol. The summed E-state index contributed by atoms with van der Waals surface area (Å²) in [6, 6.07) is 4.04. The van der Waals surface area contributed by atoms with Crippen molar-refractivity contribution in [2.75, 3.05) is 7.11 Å². The van der Waals surface area contributed by atoms with Crippen LogP contribution in [0, 0.1) is 0 Å². The molecule has 0 spiro atoms. The lowest BCUT2D eigenvalue weighted by Crippen LogP contribution is -2.36. The van der Waals surface area contributed by atoms with Gasteiger partial charge in [0.1, 0.15) is 5.15 Å². The van der Waals surface area contributed by atoms with Gasteiger partial charge in [-0.1, -0.05) is 23.8 Å². The van der Waals surface area contributed by atoms with Crippen molar-refractivity contribution in [2.45, 2.75) is 24.4 Å². The van der Waals surface area contributed by atoms with Crippen LogP contribution in [0.5, 0.6) is 0 Å². The summed E-state index contributed by atoms with van der Waals surface area (Å²) in [5, 5.41) is 0.490. The van der Waals surface area contributed by atoms with E-state index >= 15 is 0 Å². The van der Waals surface area contributed by atoms with Crippen LogP contribution in [0.25, 0.3) is 0 Å². The quantitative estimate of drug-likeness (QED) is 0.578. The van der Waals surface area contributed by atoms with Crippen LogP contribution in [0.4, 0.5) is 4.79 Å². The van der Waals surface area contributed by atoms with Gasteiger partial charge in [0.15, 0.2) is 0 Å². The van der Waals surface area contributed by atoms with Gasteiger partial charge in [0, 0.05) is 12.1 Å². The zero-order chi connectivity index (χ0) is 12.7. The molecule has 1 saturated heterocycles. The van der Waals surface area contributed by atoms with Crippen molar-refractivity contribution >= 4 is 17.7 Å². The van der Waals surface area contributed by atoms with Gasteiger partial charge in [0.05, 0.1) is 19.2 Å². The molecule has 2 bridgehead atoms. The molecular formula is C13H13ClN2O2. The molecule has 2 aliphatic rings. The second kappa shape index (κ2) is 4.28. The Kier molecular flexibility index (Phi) is 2.74. The SMILES string of the molecule is COC(=O)N1C2C=CC1C(c1ccnc(Cl)c1)C2. The minimum absolute atomic E-state index is 0.0703. The van der Waals surface area contributed by atoms with E-state index in [9.17, 15) is 4.79 Å². The first kappa shape index (κ1) is 11.5. The van der Waals surface area contributed by atoms with Gasteiger partial charge in [-0.15, -0.1) is 0 Å². The summed E-state index contributed by atoms with van der Waals surface area (Å²) < 4.78 is 4.83. The standard InChI is InChI=1S/C13H13ClN2O2/c1-18-13(17)16-9-2-3-11(16)10(7-9)8-4-5-15-12(14)6-8/h2-6,9-11H,7H2,1H3. The monoisotopic (exact) mass is 264 g/mol. The number of nitrogens with zero attached hydrogens (tertiary/aromatic N) is 2. The van der Waals surface area contributed by atoms with Gasteiger partial charge in [-0.2, -0.15) is 0 Å². The molecule has 3 unspecified atom stereocenters. The van der Waals surface area contributed by atoms with Crippen molar-refractivity contribution < 1.29 is 9.53 Å². The molecule has 0 radical (unpaired) electrons. The molecule has 3 rings (SSSR count). The first-order valence-corrected chi connectivity index (χ1v) is 6.24. The maximum Gasteiger partial charge on any atom is 0.410 e. The van der Waals surface area contributed by atoms with Gasteiger partial charge in [-0.05, 0) is 24.1 Å². The van der Waals surface area contributed by atoms with E-state index in [-0.39, 0.29) is 24.1 Å². The summed E-state index contributed by atoms with van der Waals surface area (Å²) in [7, 11) is 1.42. The third-order valence-corrected chi connectivity index (χ3v) is 3.89. The second-order valence-electron chi connectivity index (χ2n) is 4.57. The highest BCUT2D eigenvalue weighted by atomic mass is 35.5. The van der Waals surface area contributed by atoms with Crippen LogP contribution in [0.15, 0.2) is 30.5 Å². The third-order valence-electron chi connectivity index (χ3n) is 3.68. The number of carbonyl (C=O) groups excluding carboxylic acids is 1. The number of carbonyl (C=O) groups is 1. The maximum atomic E-state index is 11.7. The zero-order valence-electron chi connectivity index (χ0n) is 9.91. The summed E-state index contributed by atoms with van der Waals surface area (Å²) in [4.78, 5) is 17.5. The van der Waals surface area contributed by atoms with E-state index in [2.05, 4.69) is 17.1 Å². The number of fused-ring (bicyclic) bond motifs is 2. The molecule has 94 valence electrons. The summed E-state index contributed by atoms with van der Waals surface area (Å²) in [5.41, 5.74) is 1.13. The van der Waals surface area contributed by atoms with Crippen molar-refractivity contribution in [1.29, 1.82) is 0 Å². The van der Waals surface area contributed by atoms with Crippen molar-refractivity contribution in [3.63, 3.8) is 0 Å². The minimum atomic E-state index is -0.266. The molecule has 0 N–H and O–H groups in total. The molecule has 1 fully saturated rings. The maximum absolute atomic E-state index is 11.7. The predicted octanol–water partition coefficient (Wildman–Crippen LogP) is 2.60. The van der Waals surface area contributed by atoms with E-state index in [0.717, 1.165) is 12.0 Å². The number of ether oxygens (including phenoxy) is 1. The van der Waals surface area contributed by atoms with Gasteiger partial charge in [-0.25, -0.2) is 9.78 Å². The molecule has 5 heteroatoms. The summed E-state index contributed by atoms with van der Waals surface area (Å²) in [6.45, 7) is 0. The van der Waals surface area contributed by atoms with Gasteiger partial charge < -0.3 is 4.74 Å². The largest absolute Gasteiger partial charge is 0.453 e. The Morgan fingerprint density at radius 3 is 3.11 bits per heavy atom. The van der Waals surface area contributed by atoms with Crippen LogP contribution in [-0.4, -0.2) is 35.2 Å². The Labute approximate surface area is 110 Å².